The van der Waals surface area contributed by atoms with Crippen LogP contribution in [0.4, 0.5) is 17.1 Å². The second-order valence-electron chi connectivity index (χ2n) is 13.0. The summed E-state index contributed by atoms with van der Waals surface area (Å²) in [6, 6.07) is 24.3. The van der Waals surface area contributed by atoms with E-state index in [4.69, 9.17) is 10.5 Å². The van der Waals surface area contributed by atoms with Gasteiger partial charge >= 0.3 is 5.97 Å². The standard InChI is InChI=1S/C38H40N6O5/c1-24(21-32(46)49-4)22-37(2,3)23-31(45)42-28-17-15-27(16-18-28)38(39,35(47)43-29-13-5-9-25-11-7-19-40-33(25)29)36(48)44-30-14-6-10-26-12-8-20-41-34(26)30/h5-20,24H,21-23,39H2,1-4H3,(H,42,45)(H,43,47)(H,44,48). The van der Waals surface area contributed by atoms with Crippen molar-refractivity contribution in [2.24, 2.45) is 17.1 Å². The summed E-state index contributed by atoms with van der Waals surface area (Å²) in [5.41, 5.74) is 6.76. The van der Waals surface area contributed by atoms with Crippen LogP contribution in [0.2, 0.25) is 0 Å². The number of benzene rings is 3. The fraction of sp³-hybridized carbons (Fsp3) is 0.263. The lowest BCUT2D eigenvalue weighted by Gasteiger charge is -2.28. The minimum Gasteiger partial charge on any atom is -0.469 e. The van der Waals surface area contributed by atoms with E-state index in [9.17, 15) is 19.2 Å². The largest absolute Gasteiger partial charge is 0.469 e. The van der Waals surface area contributed by atoms with Gasteiger partial charge in [0.1, 0.15) is 0 Å². The van der Waals surface area contributed by atoms with Crippen molar-refractivity contribution in [1.29, 1.82) is 0 Å². The number of ether oxygens (including phenoxy) is 1. The van der Waals surface area contributed by atoms with Crippen LogP contribution in [-0.4, -0.2) is 40.8 Å². The number of amides is 3. The first kappa shape index (κ1) is 34.6. The Morgan fingerprint density at radius 2 is 1.27 bits per heavy atom. The molecule has 2 heterocycles. The highest BCUT2D eigenvalue weighted by atomic mass is 16.5. The van der Waals surface area contributed by atoms with Gasteiger partial charge in [-0.05, 0) is 59.7 Å². The summed E-state index contributed by atoms with van der Waals surface area (Å²) in [6.45, 7) is 5.90. The van der Waals surface area contributed by atoms with Gasteiger partial charge in [0.2, 0.25) is 11.4 Å². The van der Waals surface area contributed by atoms with Crippen LogP contribution < -0.4 is 21.7 Å². The number of hydrogen-bond acceptors (Lipinski definition) is 8. The molecule has 1 unspecified atom stereocenters. The Labute approximate surface area is 284 Å². The maximum Gasteiger partial charge on any atom is 0.305 e. The molecule has 0 saturated carbocycles. The van der Waals surface area contributed by atoms with E-state index in [1.165, 1.54) is 7.11 Å². The topological polar surface area (TPSA) is 165 Å². The number of rotatable bonds is 12. The van der Waals surface area contributed by atoms with Crippen LogP contribution in [0.5, 0.6) is 0 Å². The van der Waals surface area contributed by atoms with Gasteiger partial charge in [-0.2, -0.15) is 0 Å². The van der Waals surface area contributed by atoms with E-state index in [1.807, 2.05) is 45.0 Å². The summed E-state index contributed by atoms with van der Waals surface area (Å²) < 4.78 is 4.77. The van der Waals surface area contributed by atoms with Gasteiger partial charge in [0.05, 0.1) is 29.5 Å². The van der Waals surface area contributed by atoms with E-state index >= 15 is 0 Å². The molecule has 3 aromatic carbocycles. The SMILES string of the molecule is COC(=O)CC(C)CC(C)(C)CC(=O)Nc1ccc(C(N)(C(=O)Nc2cccc3cccnc23)C(=O)Nc2cccc3cccnc23)cc1. The number of fused-ring (bicyclic) bond motifs is 2. The van der Waals surface area contributed by atoms with Crippen molar-refractivity contribution in [3.8, 4) is 0 Å². The van der Waals surface area contributed by atoms with Crippen LogP contribution in [-0.2, 0) is 29.5 Å². The van der Waals surface area contributed by atoms with Gasteiger partial charge in [0, 0.05) is 41.7 Å². The molecular weight excluding hydrogens is 620 g/mol. The zero-order valence-electron chi connectivity index (χ0n) is 27.9. The Kier molecular flexibility index (Phi) is 10.3. The highest BCUT2D eigenvalue weighted by Crippen LogP contribution is 2.32. The number of esters is 1. The summed E-state index contributed by atoms with van der Waals surface area (Å²) in [7, 11) is 1.36. The van der Waals surface area contributed by atoms with E-state index in [-0.39, 0.29) is 41.6 Å². The van der Waals surface area contributed by atoms with E-state index in [2.05, 4.69) is 25.9 Å². The molecule has 0 aliphatic carbocycles. The molecule has 2 aromatic heterocycles. The zero-order valence-corrected chi connectivity index (χ0v) is 27.9. The van der Waals surface area contributed by atoms with Gasteiger partial charge in [0.15, 0.2) is 0 Å². The molecule has 11 heteroatoms. The summed E-state index contributed by atoms with van der Waals surface area (Å²) >= 11 is 0. The Hall–Kier alpha value is -5.68. The maximum absolute atomic E-state index is 14.1. The average Bonchev–Trinajstić information content (AvgIpc) is 3.07. The molecule has 252 valence electrons. The molecule has 49 heavy (non-hydrogen) atoms. The van der Waals surface area contributed by atoms with Crippen LogP contribution in [0.15, 0.2) is 97.3 Å². The van der Waals surface area contributed by atoms with Gasteiger partial charge in [-0.1, -0.05) is 69.3 Å². The Bertz CT molecular complexity index is 1910. The third-order valence-electron chi connectivity index (χ3n) is 8.39. The van der Waals surface area contributed by atoms with E-state index in [0.717, 1.165) is 10.8 Å². The summed E-state index contributed by atoms with van der Waals surface area (Å²) in [4.78, 5) is 61.8. The molecule has 5 N–H and O–H groups in total. The lowest BCUT2D eigenvalue weighted by atomic mass is 9.79. The summed E-state index contributed by atoms with van der Waals surface area (Å²) in [5.74, 6) is -2.02. The molecule has 0 bridgehead atoms. The van der Waals surface area contributed by atoms with E-state index in [0.29, 0.717) is 34.5 Å². The second kappa shape index (κ2) is 14.6. The molecule has 11 nitrogen and oxygen atoms in total. The Morgan fingerprint density at radius 3 is 1.78 bits per heavy atom. The van der Waals surface area contributed by atoms with Gasteiger partial charge in [-0.3, -0.25) is 29.1 Å². The molecule has 1 atom stereocenters. The number of anilines is 3. The first-order chi connectivity index (χ1) is 23.4. The van der Waals surface area contributed by atoms with Gasteiger partial charge < -0.3 is 26.4 Å². The van der Waals surface area contributed by atoms with Crippen LogP contribution >= 0.6 is 0 Å². The number of carbonyl (C=O) groups excluding carboxylic acids is 4. The predicted molar refractivity (Wildman–Crippen MR) is 190 cm³/mol. The molecule has 0 aliphatic heterocycles. The lowest BCUT2D eigenvalue weighted by molar-refractivity contribution is -0.141. The first-order valence-corrected chi connectivity index (χ1v) is 16.0. The summed E-state index contributed by atoms with van der Waals surface area (Å²) in [5, 5.41) is 10.2. The number of aromatic nitrogens is 2. The highest BCUT2D eigenvalue weighted by Gasteiger charge is 2.44. The lowest BCUT2D eigenvalue weighted by Crippen LogP contribution is -2.57. The number of hydrogen-bond donors (Lipinski definition) is 4. The molecule has 0 saturated heterocycles. The molecule has 0 spiro atoms. The Balaban J connectivity index is 1.40. The van der Waals surface area contributed by atoms with Gasteiger partial charge in [-0.25, -0.2) is 0 Å². The van der Waals surface area contributed by atoms with Crippen molar-refractivity contribution >= 4 is 62.6 Å². The number of nitrogens with zero attached hydrogens (tertiary/aromatic N) is 2. The number of nitrogens with two attached hydrogens (primary N) is 1. The average molecular weight is 661 g/mol. The molecule has 3 amide bonds. The zero-order chi connectivity index (χ0) is 35.2. The number of nitrogens with one attached hydrogen (secondary N) is 3. The molecule has 0 radical (unpaired) electrons. The fourth-order valence-electron chi connectivity index (χ4n) is 6.13. The van der Waals surface area contributed by atoms with Crippen LogP contribution in [0.3, 0.4) is 0 Å². The van der Waals surface area contributed by atoms with E-state index in [1.54, 1.807) is 73.1 Å². The number of carbonyl (C=O) groups is 4. The molecule has 0 fully saturated rings. The van der Waals surface area contributed by atoms with Gasteiger partial charge in [0.25, 0.3) is 11.8 Å². The normalized spacial score (nSPS) is 12.3. The minimum absolute atomic E-state index is 0.0406. The van der Waals surface area contributed by atoms with Crippen LogP contribution in [0.25, 0.3) is 21.8 Å². The molecular formula is C38H40N6O5. The number of pyridine rings is 2. The monoisotopic (exact) mass is 660 g/mol. The van der Waals surface area contributed by atoms with Crippen molar-refractivity contribution in [2.75, 3.05) is 23.1 Å². The quantitative estimate of drug-likeness (QED) is 0.0913. The second-order valence-corrected chi connectivity index (χ2v) is 13.0. The maximum atomic E-state index is 14.1. The minimum atomic E-state index is -2.21. The number of para-hydroxylation sites is 2. The third kappa shape index (κ3) is 8.07. The third-order valence-corrected chi connectivity index (χ3v) is 8.39. The van der Waals surface area contributed by atoms with Crippen molar-refractivity contribution in [3.05, 3.63) is 103 Å². The number of methoxy groups -OCH3 is 1. The van der Waals surface area contributed by atoms with Crippen molar-refractivity contribution in [2.45, 2.75) is 45.6 Å². The van der Waals surface area contributed by atoms with Crippen LogP contribution in [0, 0.1) is 11.3 Å². The van der Waals surface area contributed by atoms with Crippen molar-refractivity contribution in [3.63, 3.8) is 0 Å². The van der Waals surface area contributed by atoms with Crippen LogP contribution in [0.1, 0.15) is 45.6 Å². The molecule has 5 aromatic rings. The summed E-state index contributed by atoms with van der Waals surface area (Å²) in [6.07, 6.45) is 4.37. The molecule has 0 aliphatic rings. The highest BCUT2D eigenvalue weighted by molar-refractivity contribution is 6.20. The fourth-order valence-corrected chi connectivity index (χ4v) is 6.13. The smallest absolute Gasteiger partial charge is 0.305 e. The molecule has 5 rings (SSSR count). The Morgan fingerprint density at radius 1 is 0.755 bits per heavy atom. The predicted octanol–water partition coefficient (Wildman–Crippen LogP) is 6.16. The van der Waals surface area contributed by atoms with Crippen molar-refractivity contribution < 1.29 is 23.9 Å². The van der Waals surface area contributed by atoms with E-state index < -0.39 is 17.4 Å². The van der Waals surface area contributed by atoms with Gasteiger partial charge in [-0.15, -0.1) is 0 Å². The van der Waals surface area contributed by atoms with Crippen molar-refractivity contribution in [1.82, 2.24) is 9.97 Å². The first-order valence-electron chi connectivity index (χ1n) is 16.0.